The molecule has 1 aliphatic carbocycles. The third-order valence-electron chi connectivity index (χ3n) is 4.73. The Hall–Kier alpha value is -0.740. The van der Waals surface area contributed by atoms with Gasteiger partial charge in [0.2, 0.25) is 0 Å². The van der Waals surface area contributed by atoms with Crippen molar-refractivity contribution in [2.45, 2.75) is 78.0 Å². The predicted octanol–water partition coefficient (Wildman–Crippen LogP) is 4.87. The molecule has 0 N–H and O–H groups in total. The fourth-order valence-corrected chi connectivity index (χ4v) is 2.69. The van der Waals surface area contributed by atoms with Gasteiger partial charge in [0.25, 0.3) is 0 Å². The molecule has 0 spiro atoms. The molecule has 0 radical (unpaired) electrons. The highest BCUT2D eigenvalue weighted by atomic mass is 19.4. The maximum atomic E-state index is 13.1. The van der Waals surface area contributed by atoms with Crippen molar-refractivity contribution < 1.29 is 22.7 Å². The predicted molar refractivity (Wildman–Crippen MR) is 71.2 cm³/mol. The Labute approximate surface area is 119 Å². The van der Waals surface area contributed by atoms with Crippen LogP contribution in [-0.2, 0) is 9.53 Å². The zero-order valence-electron chi connectivity index (χ0n) is 12.8. The number of hydrogen-bond acceptors (Lipinski definition) is 2. The Balaban J connectivity index is 2.82. The van der Waals surface area contributed by atoms with Gasteiger partial charge in [0.15, 0.2) is 5.41 Å². The van der Waals surface area contributed by atoms with Crippen LogP contribution in [-0.4, -0.2) is 17.7 Å². The molecule has 0 saturated heterocycles. The number of halogens is 3. The summed E-state index contributed by atoms with van der Waals surface area (Å²) in [6, 6.07) is 0. The number of carbonyl (C=O) groups is 1. The van der Waals surface area contributed by atoms with Crippen LogP contribution in [0, 0.1) is 11.3 Å². The van der Waals surface area contributed by atoms with Crippen molar-refractivity contribution >= 4 is 5.97 Å². The monoisotopic (exact) mass is 294 g/mol. The van der Waals surface area contributed by atoms with E-state index in [0.717, 1.165) is 39.0 Å². The van der Waals surface area contributed by atoms with Gasteiger partial charge in [0.05, 0.1) is 0 Å². The first-order valence-electron chi connectivity index (χ1n) is 7.35. The van der Waals surface area contributed by atoms with Crippen LogP contribution < -0.4 is 0 Å². The largest absolute Gasteiger partial charge is 0.459 e. The summed E-state index contributed by atoms with van der Waals surface area (Å²) in [7, 11) is 0. The minimum atomic E-state index is -4.58. The Bertz CT molecular complexity index is 344. The summed E-state index contributed by atoms with van der Waals surface area (Å²) in [6.45, 7) is 5.75. The molecule has 1 unspecified atom stereocenters. The average Bonchev–Trinajstić information content (AvgIpc) is 2.36. The summed E-state index contributed by atoms with van der Waals surface area (Å²) in [6.07, 6.45) is 0.184. The summed E-state index contributed by atoms with van der Waals surface area (Å²) in [4.78, 5) is 12.1. The molecule has 0 aromatic rings. The maximum absolute atomic E-state index is 13.1. The van der Waals surface area contributed by atoms with Gasteiger partial charge in [-0.25, -0.2) is 0 Å². The van der Waals surface area contributed by atoms with Crippen molar-refractivity contribution in [1.82, 2.24) is 0 Å². The molecular weight excluding hydrogens is 269 g/mol. The van der Waals surface area contributed by atoms with Crippen LogP contribution in [0.2, 0.25) is 0 Å². The number of rotatable bonds is 4. The zero-order valence-corrected chi connectivity index (χ0v) is 12.8. The van der Waals surface area contributed by atoms with E-state index >= 15 is 0 Å². The first-order chi connectivity index (χ1) is 9.04. The van der Waals surface area contributed by atoms with Gasteiger partial charge >= 0.3 is 12.1 Å². The molecule has 5 heteroatoms. The van der Waals surface area contributed by atoms with Crippen molar-refractivity contribution in [3.05, 3.63) is 0 Å². The molecule has 1 fully saturated rings. The molecule has 0 aromatic carbocycles. The SMILES string of the molecule is CCC(C)(C(=O)OC(C)(C)C1CCCCC1)C(F)(F)F. The van der Waals surface area contributed by atoms with E-state index in [2.05, 4.69) is 0 Å². The molecule has 118 valence electrons. The smallest absolute Gasteiger partial charge is 0.404 e. The maximum Gasteiger partial charge on any atom is 0.404 e. The molecule has 0 amide bonds. The fourth-order valence-electron chi connectivity index (χ4n) is 2.69. The second-order valence-electron chi connectivity index (χ2n) is 6.51. The van der Waals surface area contributed by atoms with Gasteiger partial charge in [0.1, 0.15) is 5.60 Å². The van der Waals surface area contributed by atoms with Crippen molar-refractivity contribution in [2.24, 2.45) is 11.3 Å². The van der Waals surface area contributed by atoms with Crippen molar-refractivity contribution in [1.29, 1.82) is 0 Å². The van der Waals surface area contributed by atoms with Gasteiger partial charge in [-0.1, -0.05) is 26.2 Å². The number of esters is 1. The fraction of sp³-hybridized carbons (Fsp3) is 0.933. The Morgan fingerprint density at radius 1 is 1.10 bits per heavy atom. The second kappa shape index (κ2) is 5.94. The molecule has 1 aliphatic rings. The van der Waals surface area contributed by atoms with E-state index < -0.39 is 23.2 Å². The highest BCUT2D eigenvalue weighted by molar-refractivity contribution is 5.77. The molecule has 1 rings (SSSR count). The van der Waals surface area contributed by atoms with E-state index in [1.807, 2.05) is 0 Å². The molecule has 0 aliphatic heterocycles. The molecule has 0 aromatic heterocycles. The van der Waals surface area contributed by atoms with Crippen LogP contribution in [0.25, 0.3) is 0 Å². The Kier molecular flexibility index (Phi) is 5.14. The third-order valence-corrected chi connectivity index (χ3v) is 4.73. The normalized spacial score (nSPS) is 21.4. The molecular formula is C15H25F3O2. The molecule has 2 nitrogen and oxygen atoms in total. The molecule has 1 saturated carbocycles. The van der Waals surface area contributed by atoms with Crippen molar-refractivity contribution in [3.63, 3.8) is 0 Å². The second-order valence-corrected chi connectivity index (χ2v) is 6.51. The lowest BCUT2D eigenvalue weighted by atomic mass is 9.78. The van der Waals surface area contributed by atoms with Crippen LogP contribution in [0.5, 0.6) is 0 Å². The lowest BCUT2D eigenvalue weighted by Gasteiger charge is -2.39. The van der Waals surface area contributed by atoms with Gasteiger partial charge in [-0.2, -0.15) is 13.2 Å². The van der Waals surface area contributed by atoms with E-state index in [1.165, 1.54) is 6.92 Å². The van der Waals surface area contributed by atoms with E-state index in [-0.39, 0.29) is 12.3 Å². The van der Waals surface area contributed by atoms with E-state index in [4.69, 9.17) is 4.74 Å². The standard InChI is InChI=1S/C15H25F3O2/c1-5-14(4,15(16,17)18)12(19)20-13(2,3)11-9-7-6-8-10-11/h11H,5-10H2,1-4H3. The first kappa shape index (κ1) is 17.3. The number of alkyl halides is 3. The van der Waals surface area contributed by atoms with Gasteiger partial charge in [0, 0.05) is 0 Å². The average molecular weight is 294 g/mol. The van der Waals surface area contributed by atoms with Crippen LogP contribution >= 0.6 is 0 Å². The number of hydrogen-bond donors (Lipinski definition) is 0. The Morgan fingerprint density at radius 2 is 1.60 bits per heavy atom. The highest BCUT2D eigenvalue weighted by Crippen LogP contribution is 2.44. The minimum absolute atomic E-state index is 0.148. The van der Waals surface area contributed by atoms with Crippen molar-refractivity contribution in [2.75, 3.05) is 0 Å². The Morgan fingerprint density at radius 3 is 2.00 bits per heavy atom. The van der Waals surface area contributed by atoms with Gasteiger partial charge in [-0.15, -0.1) is 0 Å². The lowest BCUT2D eigenvalue weighted by molar-refractivity contribution is -0.239. The quantitative estimate of drug-likeness (QED) is 0.692. The van der Waals surface area contributed by atoms with E-state index in [9.17, 15) is 18.0 Å². The first-order valence-corrected chi connectivity index (χ1v) is 7.35. The summed E-state index contributed by atoms with van der Waals surface area (Å²) in [5, 5.41) is 0. The van der Waals surface area contributed by atoms with E-state index in [1.54, 1.807) is 13.8 Å². The molecule has 0 bridgehead atoms. The van der Waals surface area contributed by atoms with Gasteiger partial charge in [-0.3, -0.25) is 4.79 Å². The zero-order chi connectivity index (χ0) is 15.6. The lowest BCUT2D eigenvalue weighted by Crippen LogP contribution is -2.48. The molecule has 20 heavy (non-hydrogen) atoms. The third kappa shape index (κ3) is 3.47. The number of ether oxygens (including phenoxy) is 1. The van der Waals surface area contributed by atoms with Gasteiger partial charge < -0.3 is 4.74 Å². The van der Waals surface area contributed by atoms with Crippen LogP contribution in [0.4, 0.5) is 13.2 Å². The summed E-state index contributed by atoms with van der Waals surface area (Å²) < 4.78 is 44.5. The minimum Gasteiger partial charge on any atom is -0.459 e. The van der Waals surface area contributed by atoms with Crippen LogP contribution in [0.15, 0.2) is 0 Å². The van der Waals surface area contributed by atoms with Crippen LogP contribution in [0.3, 0.4) is 0 Å². The van der Waals surface area contributed by atoms with Crippen LogP contribution in [0.1, 0.15) is 66.2 Å². The summed E-state index contributed by atoms with van der Waals surface area (Å²) >= 11 is 0. The summed E-state index contributed by atoms with van der Waals surface area (Å²) in [5.41, 5.74) is -3.25. The highest BCUT2D eigenvalue weighted by Gasteiger charge is 2.57. The number of carbonyl (C=O) groups excluding carboxylic acids is 1. The molecule has 1 atom stereocenters. The van der Waals surface area contributed by atoms with Crippen molar-refractivity contribution in [3.8, 4) is 0 Å². The summed E-state index contributed by atoms with van der Waals surface area (Å²) in [5.74, 6) is -1.00. The van der Waals surface area contributed by atoms with E-state index in [0.29, 0.717) is 0 Å². The topological polar surface area (TPSA) is 26.3 Å². The van der Waals surface area contributed by atoms with Gasteiger partial charge in [-0.05, 0) is 46.0 Å². The molecule has 0 heterocycles.